The fourth-order valence-corrected chi connectivity index (χ4v) is 4.56. The largest absolute Gasteiger partial charge is 0.396 e. The molecular weight excluding hydrogens is 452 g/mol. The van der Waals surface area contributed by atoms with Crippen LogP contribution < -0.4 is 10.6 Å². The van der Waals surface area contributed by atoms with Crippen molar-refractivity contribution in [3.8, 4) is 11.3 Å². The van der Waals surface area contributed by atoms with E-state index in [4.69, 9.17) is 21.7 Å². The van der Waals surface area contributed by atoms with Gasteiger partial charge in [0.2, 0.25) is 11.9 Å². The third kappa shape index (κ3) is 6.25. The zero-order valence-electron chi connectivity index (χ0n) is 19.4. The predicted molar refractivity (Wildman–Crippen MR) is 136 cm³/mol. The number of aromatic amines is 1. The van der Waals surface area contributed by atoms with E-state index in [2.05, 4.69) is 20.6 Å². The molecule has 0 saturated carbocycles. The van der Waals surface area contributed by atoms with Gasteiger partial charge in [-0.25, -0.2) is 9.97 Å². The number of nitrogens with zero attached hydrogens (tertiary/aromatic N) is 3. The molecule has 34 heavy (non-hydrogen) atoms. The summed E-state index contributed by atoms with van der Waals surface area (Å²) in [5.74, 6) is 0.704. The number of aliphatic hydroxyl groups is 1. The summed E-state index contributed by atoms with van der Waals surface area (Å²) in [6, 6.07) is 8.27. The van der Waals surface area contributed by atoms with E-state index in [0.29, 0.717) is 23.2 Å². The number of para-hydroxylation sites is 1. The zero-order chi connectivity index (χ0) is 23.8. The summed E-state index contributed by atoms with van der Waals surface area (Å²) in [4.78, 5) is 26.8. The molecule has 4 N–H and O–H groups in total. The number of nitrogens with one attached hydrogen (secondary N) is 3. The number of hydrogen-bond acceptors (Lipinski definition) is 6. The first-order chi connectivity index (χ1) is 16.7. The molecule has 0 bridgehead atoms. The Kier molecular flexibility index (Phi) is 8.73. The van der Waals surface area contributed by atoms with E-state index in [1.54, 1.807) is 6.20 Å². The summed E-state index contributed by atoms with van der Waals surface area (Å²) in [6.07, 6.45) is 9.26. The maximum atomic E-state index is 12.5. The molecule has 0 radical (unpaired) electrons. The Morgan fingerprint density at radius 1 is 1.18 bits per heavy atom. The van der Waals surface area contributed by atoms with Crippen molar-refractivity contribution in [2.45, 2.75) is 44.6 Å². The number of rotatable bonds is 11. The number of aliphatic hydroxyl groups excluding tert-OH is 1. The number of benzene rings is 1. The van der Waals surface area contributed by atoms with Gasteiger partial charge in [0, 0.05) is 48.4 Å². The van der Waals surface area contributed by atoms with E-state index in [1.165, 1.54) is 0 Å². The molecule has 1 aliphatic heterocycles. The number of anilines is 1. The number of likely N-dealkylation sites (tertiary alicyclic amines) is 1. The molecule has 1 fully saturated rings. The van der Waals surface area contributed by atoms with Crippen LogP contribution in [0.4, 0.5) is 5.95 Å². The van der Waals surface area contributed by atoms with E-state index in [9.17, 15) is 4.79 Å². The van der Waals surface area contributed by atoms with Gasteiger partial charge in [0.05, 0.1) is 23.5 Å². The van der Waals surface area contributed by atoms with Crippen LogP contribution in [-0.4, -0.2) is 69.7 Å². The highest BCUT2D eigenvalue weighted by molar-refractivity contribution is 6.33. The van der Waals surface area contributed by atoms with Crippen molar-refractivity contribution in [3.63, 3.8) is 0 Å². The summed E-state index contributed by atoms with van der Waals surface area (Å²) < 4.78 is 0. The number of piperidine rings is 1. The molecule has 8 nitrogen and oxygen atoms in total. The van der Waals surface area contributed by atoms with Crippen LogP contribution in [0.2, 0.25) is 5.02 Å². The Morgan fingerprint density at radius 2 is 1.97 bits per heavy atom. The third-order valence-corrected chi connectivity index (χ3v) is 6.58. The molecule has 4 rings (SSSR count). The summed E-state index contributed by atoms with van der Waals surface area (Å²) in [5, 5.41) is 17.1. The molecule has 2 aromatic heterocycles. The number of halogens is 1. The number of amides is 1. The van der Waals surface area contributed by atoms with E-state index >= 15 is 0 Å². The summed E-state index contributed by atoms with van der Waals surface area (Å²) >= 11 is 6.44. The molecular formula is C25H33ClN6O2. The zero-order valence-corrected chi connectivity index (χ0v) is 20.2. The predicted octanol–water partition coefficient (Wildman–Crippen LogP) is 3.82. The minimum Gasteiger partial charge on any atom is -0.396 e. The van der Waals surface area contributed by atoms with Crippen LogP contribution in [0.15, 0.2) is 36.7 Å². The van der Waals surface area contributed by atoms with Crippen LogP contribution in [0.5, 0.6) is 0 Å². The van der Waals surface area contributed by atoms with E-state index in [0.717, 1.165) is 74.6 Å². The van der Waals surface area contributed by atoms with Gasteiger partial charge >= 0.3 is 0 Å². The number of hydrogen-bond donors (Lipinski definition) is 4. The average molecular weight is 485 g/mol. The number of carbonyl (C=O) groups is 1. The maximum absolute atomic E-state index is 12.5. The second-order valence-corrected chi connectivity index (χ2v) is 9.16. The van der Waals surface area contributed by atoms with Crippen molar-refractivity contribution in [2.75, 3.05) is 38.1 Å². The quantitative estimate of drug-likeness (QED) is 0.308. The maximum Gasteiger partial charge on any atom is 0.236 e. The lowest BCUT2D eigenvalue weighted by molar-refractivity contribution is -0.131. The summed E-state index contributed by atoms with van der Waals surface area (Å²) in [5.41, 5.74) is 2.69. The molecule has 9 heteroatoms. The topological polar surface area (TPSA) is 106 Å². The van der Waals surface area contributed by atoms with E-state index in [1.807, 2.05) is 35.4 Å². The molecule has 0 aliphatic carbocycles. The van der Waals surface area contributed by atoms with Gasteiger partial charge in [0.15, 0.2) is 0 Å². The highest BCUT2D eigenvalue weighted by Gasteiger charge is 2.23. The van der Waals surface area contributed by atoms with Gasteiger partial charge in [-0.15, -0.1) is 0 Å². The van der Waals surface area contributed by atoms with Crippen LogP contribution >= 0.6 is 11.6 Å². The minimum atomic E-state index is 0.151. The Balaban J connectivity index is 1.26. The van der Waals surface area contributed by atoms with Crippen LogP contribution in [0.25, 0.3) is 22.2 Å². The molecule has 3 aromatic rings. The smallest absolute Gasteiger partial charge is 0.236 e. The molecule has 1 aromatic carbocycles. The number of unbranched alkanes of at least 4 members (excludes halogenated alkanes) is 3. The first kappa shape index (κ1) is 24.4. The van der Waals surface area contributed by atoms with Crippen LogP contribution in [-0.2, 0) is 4.79 Å². The van der Waals surface area contributed by atoms with Crippen molar-refractivity contribution in [1.82, 2.24) is 25.2 Å². The van der Waals surface area contributed by atoms with Crippen LogP contribution in [0.3, 0.4) is 0 Å². The summed E-state index contributed by atoms with van der Waals surface area (Å²) in [7, 11) is 0. The Labute approximate surface area is 205 Å². The molecule has 0 spiro atoms. The fourth-order valence-electron chi connectivity index (χ4n) is 4.37. The monoisotopic (exact) mass is 484 g/mol. The van der Waals surface area contributed by atoms with Crippen LogP contribution in [0.1, 0.15) is 38.5 Å². The number of H-pyrrole nitrogens is 1. The lowest BCUT2D eigenvalue weighted by atomic mass is 10.1. The Hall–Kier alpha value is -2.68. The van der Waals surface area contributed by atoms with Crippen molar-refractivity contribution in [1.29, 1.82) is 0 Å². The van der Waals surface area contributed by atoms with Crippen molar-refractivity contribution >= 4 is 34.4 Å². The van der Waals surface area contributed by atoms with Gasteiger partial charge in [-0.2, -0.15) is 0 Å². The van der Waals surface area contributed by atoms with Crippen molar-refractivity contribution < 1.29 is 9.90 Å². The van der Waals surface area contributed by atoms with Gasteiger partial charge in [-0.3, -0.25) is 4.79 Å². The molecule has 182 valence electrons. The molecule has 3 heterocycles. The number of aromatic nitrogens is 3. The van der Waals surface area contributed by atoms with E-state index < -0.39 is 0 Å². The molecule has 1 aliphatic rings. The highest BCUT2D eigenvalue weighted by atomic mass is 35.5. The fraction of sp³-hybridized carbons (Fsp3) is 0.480. The first-order valence-corrected chi connectivity index (χ1v) is 12.5. The van der Waals surface area contributed by atoms with Gasteiger partial charge < -0.3 is 25.6 Å². The van der Waals surface area contributed by atoms with Gasteiger partial charge in [-0.1, -0.05) is 42.6 Å². The van der Waals surface area contributed by atoms with Crippen molar-refractivity contribution in [2.24, 2.45) is 0 Å². The second-order valence-electron chi connectivity index (χ2n) is 8.75. The minimum absolute atomic E-state index is 0.151. The number of carbonyl (C=O) groups excluding carboxylic acids is 1. The second kappa shape index (κ2) is 12.1. The summed E-state index contributed by atoms with van der Waals surface area (Å²) in [6.45, 7) is 2.91. The van der Waals surface area contributed by atoms with E-state index in [-0.39, 0.29) is 18.6 Å². The SMILES string of the molecule is O=C(CNCCCCCCO)N1CCC(Nc2ncc(Cl)c(-c3c[nH]c4ccccc34)n2)CC1. The molecule has 1 amide bonds. The molecule has 0 unspecified atom stereocenters. The highest BCUT2D eigenvalue weighted by Crippen LogP contribution is 2.32. The lowest BCUT2D eigenvalue weighted by Crippen LogP contribution is -2.45. The molecule has 0 atom stereocenters. The van der Waals surface area contributed by atoms with Crippen molar-refractivity contribution in [3.05, 3.63) is 41.7 Å². The van der Waals surface area contributed by atoms with Gasteiger partial charge in [0.25, 0.3) is 0 Å². The standard InChI is InChI=1S/C25H33ClN6O2/c26-21-16-29-25(31-24(21)20-15-28-22-8-4-3-7-19(20)22)30-18-9-12-32(13-10-18)23(34)17-27-11-5-1-2-6-14-33/h3-4,7-8,15-16,18,27-28,33H,1-2,5-6,9-14,17H2,(H,29,30,31). The Morgan fingerprint density at radius 3 is 2.79 bits per heavy atom. The van der Waals surface area contributed by atoms with Gasteiger partial charge in [0.1, 0.15) is 0 Å². The van der Waals surface area contributed by atoms with Crippen LogP contribution in [0, 0.1) is 0 Å². The Bertz CT molecular complexity index is 1080. The third-order valence-electron chi connectivity index (χ3n) is 6.31. The first-order valence-electron chi connectivity index (χ1n) is 12.1. The molecule has 1 saturated heterocycles. The lowest BCUT2D eigenvalue weighted by Gasteiger charge is -2.32. The van der Waals surface area contributed by atoms with Gasteiger partial charge in [-0.05, 0) is 38.3 Å². The number of fused-ring (bicyclic) bond motifs is 1. The average Bonchev–Trinajstić information content (AvgIpc) is 3.29. The normalized spacial score (nSPS) is 14.6.